The quantitative estimate of drug-likeness (QED) is 0.491. The molecule has 198 valence electrons. The molecule has 3 aliphatic heterocycles. The van der Waals surface area contributed by atoms with Crippen molar-refractivity contribution >= 4 is 33.4 Å². The zero-order chi connectivity index (χ0) is 26.7. The minimum Gasteiger partial charge on any atom is -0.478 e. The molecule has 3 aliphatic rings. The van der Waals surface area contributed by atoms with Crippen molar-refractivity contribution < 1.29 is 31.5 Å². The van der Waals surface area contributed by atoms with Gasteiger partial charge >= 0.3 is 5.97 Å². The molecule has 0 aliphatic carbocycles. The van der Waals surface area contributed by atoms with E-state index in [4.69, 9.17) is 5.14 Å². The Morgan fingerprint density at radius 3 is 2.78 bits per heavy atom. The first-order valence-corrected chi connectivity index (χ1v) is 13.6. The van der Waals surface area contributed by atoms with Crippen LogP contribution in [0.1, 0.15) is 28.6 Å². The van der Waals surface area contributed by atoms with E-state index in [2.05, 4.69) is 15.3 Å². The number of nitrogens with zero attached hydrogens (tertiary/aromatic N) is 4. The molecule has 3 unspecified atom stereocenters. The van der Waals surface area contributed by atoms with Crippen LogP contribution in [0.3, 0.4) is 0 Å². The summed E-state index contributed by atoms with van der Waals surface area (Å²) in [4.78, 5) is 22.6. The topological polar surface area (TPSA) is 141 Å². The van der Waals surface area contributed by atoms with Crippen LogP contribution in [0.25, 0.3) is 0 Å². The van der Waals surface area contributed by atoms with Gasteiger partial charge in [0.25, 0.3) is 16.1 Å². The molecule has 2 saturated heterocycles. The fourth-order valence-corrected chi connectivity index (χ4v) is 6.89. The Balaban J connectivity index is 1.58. The van der Waals surface area contributed by atoms with Gasteiger partial charge in [0.1, 0.15) is 17.9 Å². The SMILES string of the molecule is Cc1c(F)cccc1C1N=C(c2nccs2)NC(CN2CC(F)(F)C3C2CCN3S(N)(=O)=O)=C1C(=O)O. The summed E-state index contributed by atoms with van der Waals surface area (Å²) >= 11 is 1.24. The van der Waals surface area contributed by atoms with Crippen LogP contribution in [-0.2, 0) is 15.0 Å². The van der Waals surface area contributed by atoms with Crippen LogP contribution in [0.15, 0.2) is 46.0 Å². The van der Waals surface area contributed by atoms with Crippen molar-refractivity contribution in [1.29, 1.82) is 0 Å². The molecule has 4 N–H and O–H groups in total. The van der Waals surface area contributed by atoms with E-state index in [9.17, 15) is 22.7 Å². The number of aliphatic carboxylic acids is 1. The van der Waals surface area contributed by atoms with Crippen molar-refractivity contribution in [2.75, 3.05) is 19.6 Å². The molecular formula is C22H23F3N6O4S2. The molecule has 0 saturated carbocycles. The van der Waals surface area contributed by atoms with Crippen molar-refractivity contribution in [3.8, 4) is 0 Å². The predicted octanol–water partition coefficient (Wildman–Crippen LogP) is 1.62. The lowest BCUT2D eigenvalue weighted by Crippen LogP contribution is -2.50. The number of hydrogen-bond acceptors (Lipinski definition) is 8. The second-order valence-electron chi connectivity index (χ2n) is 9.12. The Morgan fingerprint density at radius 2 is 2.14 bits per heavy atom. The number of halogens is 3. The summed E-state index contributed by atoms with van der Waals surface area (Å²) in [6.07, 6.45) is 1.64. The summed E-state index contributed by atoms with van der Waals surface area (Å²) in [5.74, 6) is -5.07. The van der Waals surface area contributed by atoms with Gasteiger partial charge in [-0.05, 0) is 30.5 Å². The lowest BCUT2D eigenvalue weighted by atomic mass is 9.92. The zero-order valence-corrected chi connectivity index (χ0v) is 21.1. The van der Waals surface area contributed by atoms with Gasteiger partial charge in [-0.3, -0.25) is 9.89 Å². The number of benzene rings is 1. The third-order valence-corrected chi connectivity index (χ3v) is 8.76. The van der Waals surface area contributed by atoms with E-state index < -0.39 is 52.6 Å². The fraction of sp³-hybridized carbons (Fsp3) is 0.409. The van der Waals surface area contributed by atoms with Crippen molar-refractivity contribution in [3.05, 3.63) is 63.0 Å². The van der Waals surface area contributed by atoms with Crippen molar-refractivity contribution in [2.24, 2.45) is 10.1 Å². The molecule has 1 aromatic carbocycles. The minimum absolute atomic E-state index is 0.0897. The van der Waals surface area contributed by atoms with Gasteiger partial charge in [-0.2, -0.15) is 12.7 Å². The summed E-state index contributed by atoms with van der Waals surface area (Å²) in [6.45, 7) is 0.289. The molecule has 10 nitrogen and oxygen atoms in total. The average molecular weight is 557 g/mol. The monoisotopic (exact) mass is 556 g/mol. The summed E-state index contributed by atoms with van der Waals surface area (Å²) in [7, 11) is -4.36. The highest BCUT2D eigenvalue weighted by atomic mass is 32.2. The molecule has 5 rings (SSSR count). The Kier molecular flexibility index (Phi) is 6.39. The second-order valence-corrected chi connectivity index (χ2v) is 11.5. The number of rotatable bonds is 6. The van der Waals surface area contributed by atoms with E-state index >= 15 is 8.78 Å². The second kappa shape index (κ2) is 9.16. The standard InChI is InChI=1S/C22H23F3N6O4S2/c1-11-12(3-2-4-13(11)23)17-16(21(32)33)14(28-19(29-17)20-27-6-8-36-20)9-30-10-22(24,25)18-15(30)5-7-31(18)37(26,34)35/h2-4,6,8,15,17-18H,5,7,9-10H2,1H3,(H,28,29)(H,32,33)(H2,26,34,35). The highest BCUT2D eigenvalue weighted by Crippen LogP contribution is 2.43. The van der Waals surface area contributed by atoms with E-state index in [1.54, 1.807) is 11.4 Å². The number of thiazole rings is 1. The van der Waals surface area contributed by atoms with Crippen molar-refractivity contribution in [2.45, 2.75) is 37.4 Å². The number of hydrogen-bond donors (Lipinski definition) is 3. The summed E-state index contributed by atoms with van der Waals surface area (Å²) in [5.41, 5.74) is 0.396. The number of alkyl halides is 2. The van der Waals surface area contributed by atoms with Gasteiger partial charge in [-0.25, -0.2) is 28.1 Å². The van der Waals surface area contributed by atoms with Crippen LogP contribution in [0.4, 0.5) is 13.2 Å². The average Bonchev–Trinajstić information content (AvgIpc) is 3.54. The molecule has 2 fully saturated rings. The molecule has 0 amide bonds. The Labute approximate surface area is 214 Å². The fourth-order valence-electron chi connectivity index (χ4n) is 5.33. The van der Waals surface area contributed by atoms with E-state index in [0.29, 0.717) is 14.9 Å². The Hall–Kier alpha value is -2.85. The number of carboxylic acid groups (broad SMARTS) is 1. The molecule has 4 heterocycles. The highest BCUT2D eigenvalue weighted by molar-refractivity contribution is 7.86. The van der Waals surface area contributed by atoms with Crippen molar-refractivity contribution in [3.63, 3.8) is 0 Å². The Bertz CT molecular complexity index is 1410. The lowest BCUT2D eigenvalue weighted by molar-refractivity contribution is -0.133. The first-order chi connectivity index (χ1) is 17.4. The number of nitrogens with one attached hydrogen (secondary N) is 1. The van der Waals surface area contributed by atoms with Crippen LogP contribution in [-0.4, -0.2) is 77.2 Å². The van der Waals surface area contributed by atoms with Gasteiger partial charge in [0.15, 0.2) is 10.8 Å². The van der Waals surface area contributed by atoms with E-state index in [1.165, 1.54) is 41.5 Å². The van der Waals surface area contributed by atoms with Crippen LogP contribution in [0, 0.1) is 12.7 Å². The van der Waals surface area contributed by atoms with Gasteiger partial charge in [0, 0.05) is 36.4 Å². The lowest BCUT2D eigenvalue weighted by Gasteiger charge is -2.30. The molecule has 0 spiro atoms. The first-order valence-electron chi connectivity index (χ1n) is 11.3. The normalized spacial score (nSPS) is 26.2. The first kappa shape index (κ1) is 25.8. The number of likely N-dealkylation sites (tertiary alicyclic amines) is 1. The molecular weight excluding hydrogens is 533 g/mol. The third-order valence-electron chi connectivity index (χ3n) is 6.92. The minimum atomic E-state index is -4.36. The number of carbonyl (C=O) groups is 1. The molecule has 2 aromatic rings. The van der Waals surface area contributed by atoms with Crippen LogP contribution >= 0.6 is 11.3 Å². The number of fused-ring (bicyclic) bond motifs is 1. The molecule has 1 aromatic heterocycles. The van der Waals surface area contributed by atoms with Gasteiger partial charge in [-0.1, -0.05) is 12.1 Å². The van der Waals surface area contributed by atoms with Crippen molar-refractivity contribution in [1.82, 2.24) is 19.5 Å². The Morgan fingerprint density at radius 1 is 1.38 bits per heavy atom. The molecule has 3 atom stereocenters. The van der Waals surface area contributed by atoms with Crippen LogP contribution in [0.5, 0.6) is 0 Å². The number of carboxylic acids is 1. The smallest absolute Gasteiger partial charge is 0.335 e. The molecule has 0 bridgehead atoms. The van der Waals surface area contributed by atoms with Gasteiger partial charge < -0.3 is 10.4 Å². The van der Waals surface area contributed by atoms with Gasteiger partial charge in [-0.15, -0.1) is 11.3 Å². The summed E-state index contributed by atoms with van der Waals surface area (Å²) in [5, 5.41) is 20.5. The van der Waals surface area contributed by atoms with E-state index in [-0.39, 0.29) is 42.2 Å². The highest BCUT2D eigenvalue weighted by Gasteiger charge is 2.61. The molecule has 37 heavy (non-hydrogen) atoms. The van der Waals surface area contributed by atoms with Crippen LogP contribution < -0.4 is 10.5 Å². The van der Waals surface area contributed by atoms with Crippen LogP contribution in [0.2, 0.25) is 0 Å². The van der Waals surface area contributed by atoms with E-state index in [0.717, 1.165) is 0 Å². The maximum atomic E-state index is 15.0. The largest absolute Gasteiger partial charge is 0.478 e. The number of nitrogens with two attached hydrogens (primary N) is 1. The van der Waals surface area contributed by atoms with Gasteiger partial charge in [0.05, 0.1) is 12.1 Å². The zero-order valence-electron chi connectivity index (χ0n) is 19.4. The van der Waals surface area contributed by atoms with E-state index in [1.807, 2.05) is 0 Å². The maximum absolute atomic E-state index is 15.0. The predicted molar refractivity (Wildman–Crippen MR) is 129 cm³/mol. The maximum Gasteiger partial charge on any atom is 0.335 e. The number of amidine groups is 1. The van der Waals surface area contributed by atoms with Gasteiger partial charge in [0.2, 0.25) is 0 Å². The molecule has 15 heteroatoms. The number of aromatic nitrogens is 1. The number of aliphatic imine (C=N–C) groups is 1. The molecule has 0 radical (unpaired) electrons. The summed E-state index contributed by atoms with van der Waals surface area (Å²) < 4.78 is 69.0. The summed E-state index contributed by atoms with van der Waals surface area (Å²) in [6, 6.07) is 0.594. The third kappa shape index (κ3) is 4.54.